The minimum absolute atomic E-state index is 0.00413. The lowest BCUT2D eigenvalue weighted by Gasteiger charge is -2.21. The number of anilines is 2. The van der Waals surface area contributed by atoms with E-state index in [2.05, 4.69) is 10.6 Å². The van der Waals surface area contributed by atoms with E-state index in [1.807, 2.05) is 0 Å². The van der Waals surface area contributed by atoms with E-state index in [9.17, 15) is 14.4 Å². The summed E-state index contributed by atoms with van der Waals surface area (Å²) < 4.78 is 10.5. The van der Waals surface area contributed by atoms with Gasteiger partial charge < -0.3 is 25.0 Å². The van der Waals surface area contributed by atoms with Crippen LogP contribution in [0.15, 0.2) is 36.4 Å². The molecule has 0 bridgehead atoms. The number of benzene rings is 2. The van der Waals surface area contributed by atoms with Gasteiger partial charge in [0, 0.05) is 29.7 Å². The Balaban J connectivity index is 1.65. The second kappa shape index (κ2) is 10.1. The molecule has 1 fully saturated rings. The van der Waals surface area contributed by atoms with E-state index >= 15 is 0 Å². The summed E-state index contributed by atoms with van der Waals surface area (Å²) in [5.74, 6) is -0.837. The molecule has 1 aliphatic heterocycles. The molecule has 2 unspecified atom stereocenters. The number of carbonyl (C=O) groups excluding carboxylic acids is 3. The predicted octanol–water partition coefficient (Wildman–Crippen LogP) is 3.51. The van der Waals surface area contributed by atoms with Crippen molar-refractivity contribution in [3.05, 3.63) is 46.4 Å². The maximum Gasteiger partial charge on any atom is 0.246 e. The van der Waals surface area contributed by atoms with Crippen LogP contribution in [-0.2, 0) is 14.4 Å². The van der Waals surface area contributed by atoms with Gasteiger partial charge >= 0.3 is 0 Å². The summed E-state index contributed by atoms with van der Waals surface area (Å²) in [5, 5.41) is 6.25. The molecular weight excluding hydrogens is 457 g/mol. The van der Waals surface area contributed by atoms with E-state index in [0.29, 0.717) is 32.9 Å². The van der Waals surface area contributed by atoms with Crippen LogP contribution in [0.4, 0.5) is 11.4 Å². The molecule has 2 aromatic carbocycles. The third-order valence-electron chi connectivity index (χ3n) is 5.10. The summed E-state index contributed by atoms with van der Waals surface area (Å²) in [6.45, 7) is 1.71. The molecule has 2 N–H and O–H groups in total. The molecule has 0 aliphatic carbocycles. The van der Waals surface area contributed by atoms with Gasteiger partial charge in [0.15, 0.2) is 0 Å². The Morgan fingerprint density at radius 3 is 2.38 bits per heavy atom. The number of hydrogen-bond acceptors (Lipinski definition) is 5. The van der Waals surface area contributed by atoms with Gasteiger partial charge in [-0.05, 0) is 37.3 Å². The first-order valence-electron chi connectivity index (χ1n) is 9.82. The molecule has 3 rings (SSSR count). The highest BCUT2D eigenvalue weighted by molar-refractivity contribution is 6.32. The number of nitrogens with one attached hydrogen (secondary N) is 2. The Morgan fingerprint density at radius 2 is 1.75 bits per heavy atom. The summed E-state index contributed by atoms with van der Waals surface area (Å²) in [6.07, 6.45) is 0.00413. The largest absolute Gasteiger partial charge is 0.495 e. The van der Waals surface area contributed by atoms with Gasteiger partial charge in [0.2, 0.25) is 17.7 Å². The number of carbonyl (C=O) groups is 3. The Morgan fingerprint density at radius 1 is 1.09 bits per heavy atom. The summed E-state index contributed by atoms with van der Waals surface area (Å²) in [6, 6.07) is 8.98. The fraction of sp³-hybridized carbons (Fsp3) is 0.318. The lowest BCUT2D eigenvalue weighted by atomic mass is 10.1. The highest BCUT2D eigenvalue weighted by Crippen LogP contribution is 2.40. The monoisotopic (exact) mass is 479 g/mol. The van der Waals surface area contributed by atoms with Crippen LogP contribution in [0.2, 0.25) is 10.0 Å². The molecular formula is C22H23Cl2N3O5. The van der Waals surface area contributed by atoms with Crippen molar-refractivity contribution in [2.45, 2.75) is 19.4 Å². The second-order valence-electron chi connectivity index (χ2n) is 7.29. The predicted molar refractivity (Wildman–Crippen MR) is 123 cm³/mol. The second-order valence-corrected chi connectivity index (χ2v) is 8.13. The van der Waals surface area contributed by atoms with Gasteiger partial charge in [0.25, 0.3) is 0 Å². The SMILES string of the molecule is COc1cc(OC)c(N2CC(C(=O)NC(C)C(=O)Nc3ccc(Cl)cc3)CC2=O)cc1Cl. The lowest BCUT2D eigenvalue weighted by molar-refractivity contribution is -0.129. The van der Waals surface area contributed by atoms with Crippen molar-refractivity contribution in [1.29, 1.82) is 0 Å². The fourth-order valence-corrected chi connectivity index (χ4v) is 3.71. The minimum Gasteiger partial charge on any atom is -0.495 e. The van der Waals surface area contributed by atoms with Crippen molar-refractivity contribution < 1.29 is 23.9 Å². The molecule has 1 heterocycles. The average Bonchev–Trinajstić information content (AvgIpc) is 3.16. The van der Waals surface area contributed by atoms with Crippen LogP contribution in [0.1, 0.15) is 13.3 Å². The summed E-state index contributed by atoms with van der Waals surface area (Å²) in [7, 11) is 2.95. The molecule has 8 nitrogen and oxygen atoms in total. The normalized spacial score (nSPS) is 16.5. The average molecular weight is 480 g/mol. The van der Waals surface area contributed by atoms with Gasteiger partial charge in [-0.1, -0.05) is 23.2 Å². The van der Waals surface area contributed by atoms with E-state index in [0.717, 1.165) is 0 Å². The molecule has 0 saturated carbocycles. The van der Waals surface area contributed by atoms with E-state index in [1.54, 1.807) is 43.3 Å². The molecule has 0 spiro atoms. The highest BCUT2D eigenvalue weighted by Gasteiger charge is 2.37. The van der Waals surface area contributed by atoms with Crippen molar-refractivity contribution in [3.63, 3.8) is 0 Å². The van der Waals surface area contributed by atoms with Crippen LogP contribution < -0.4 is 25.0 Å². The highest BCUT2D eigenvalue weighted by atomic mass is 35.5. The van der Waals surface area contributed by atoms with Crippen molar-refractivity contribution in [1.82, 2.24) is 5.32 Å². The Labute approximate surface area is 195 Å². The van der Waals surface area contributed by atoms with Crippen LogP contribution in [0, 0.1) is 5.92 Å². The van der Waals surface area contributed by atoms with E-state index in [1.165, 1.54) is 19.1 Å². The van der Waals surface area contributed by atoms with Crippen molar-refractivity contribution in [3.8, 4) is 11.5 Å². The van der Waals surface area contributed by atoms with Crippen LogP contribution in [0.3, 0.4) is 0 Å². The summed E-state index contributed by atoms with van der Waals surface area (Å²) in [4.78, 5) is 39.2. The number of nitrogens with zero attached hydrogens (tertiary/aromatic N) is 1. The third kappa shape index (κ3) is 5.26. The summed E-state index contributed by atoms with van der Waals surface area (Å²) in [5.41, 5.74) is 1.01. The lowest BCUT2D eigenvalue weighted by Crippen LogP contribution is -2.44. The molecule has 0 radical (unpaired) electrons. The molecule has 3 amide bonds. The van der Waals surface area contributed by atoms with Crippen molar-refractivity contribution in [2.24, 2.45) is 5.92 Å². The van der Waals surface area contributed by atoms with Crippen LogP contribution in [0.25, 0.3) is 0 Å². The number of rotatable bonds is 7. The van der Waals surface area contributed by atoms with Crippen molar-refractivity contribution >= 4 is 52.3 Å². The number of ether oxygens (including phenoxy) is 2. The molecule has 2 aromatic rings. The van der Waals surface area contributed by atoms with Gasteiger partial charge in [-0.15, -0.1) is 0 Å². The smallest absolute Gasteiger partial charge is 0.246 e. The first-order valence-corrected chi connectivity index (χ1v) is 10.6. The van der Waals surface area contributed by atoms with E-state index < -0.39 is 17.9 Å². The number of amides is 3. The Bertz CT molecular complexity index is 1030. The quantitative estimate of drug-likeness (QED) is 0.633. The van der Waals surface area contributed by atoms with Crippen LogP contribution in [0.5, 0.6) is 11.5 Å². The first kappa shape index (κ1) is 23.7. The molecule has 170 valence electrons. The molecule has 2 atom stereocenters. The van der Waals surface area contributed by atoms with Crippen LogP contribution in [-0.4, -0.2) is 44.5 Å². The minimum atomic E-state index is -0.799. The first-order chi connectivity index (χ1) is 15.2. The van der Waals surface area contributed by atoms with E-state index in [4.69, 9.17) is 32.7 Å². The van der Waals surface area contributed by atoms with Gasteiger partial charge in [-0.3, -0.25) is 14.4 Å². The zero-order chi connectivity index (χ0) is 23.4. The van der Waals surface area contributed by atoms with Gasteiger partial charge in [-0.25, -0.2) is 0 Å². The van der Waals surface area contributed by atoms with Crippen LogP contribution >= 0.6 is 23.2 Å². The molecule has 0 aromatic heterocycles. The van der Waals surface area contributed by atoms with Gasteiger partial charge in [-0.2, -0.15) is 0 Å². The topological polar surface area (TPSA) is 97.0 Å². The zero-order valence-corrected chi connectivity index (χ0v) is 19.3. The number of halogens is 2. The molecule has 32 heavy (non-hydrogen) atoms. The number of hydrogen-bond donors (Lipinski definition) is 2. The molecule has 1 saturated heterocycles. The maximum atomic E-state index is 12.7. The standard InChI is InChI=1S/C22H23Cl2N3O5/c1-12(21(29)26-15-6-4-14(23)5-7-15)25-22(30)13-8-20(28)27(11-13)17-9-16(24)18(31-2)10-19(17)32-3/h4-7,9-10,12-13H,8,11H2,1-3H3,(H,25,30)(H,26,29). The number of methoxy groups -OCH3 is 2. The Kier molecular flexibility index (Phi) is 7.48. The van der Waals surface area contributed by atoms with Gasteiger partial charge in [0.05, 0.1) is 30.8 Å². The maximum absolute atomic E-state index is 12.7. The van der Waals surface area contributed by atoms with Crippen molar-refractivity contribution in [2.75, 3.05) is 31.0 Å². The van der Waals surface area contributed by atoms with E-state index in [-0.39, 0.29) is 24.8 Å². The molecule has 10 heteroatoms. The Hall–Kier alpha value is -2.97. The fourth-order valence-electron chi connectivity index (χ4n) is 3.35. The summed E-state index contributed by atoms with van der Waals surface area (Å²) >= 11 is 12.1. The zero-order valence-electron chi connectivity index (χ0n) is 17.8. The molecule has 1 aliphatic rings. The van der Waals surface area contributed by atoms with Gasteiger partial charge in [0.1, 0.15) is 17.5 Å². The third-order valence-corrected chi connectivity index (χ3v) is 5.65.